The summed E-state index contributed by atoms with van der Waals surface area (Å²) in [5.74, 6) is -0.445. The van der Waals surface area contributed by atoms with E-state index >= 15 is 0 Å². The molecule has 1 aliphatic heterocycles. The molecule has 5 heteroatoms. The molecule has 1 amide bonds. The van der Waals surface area contributed by atoms with Crippen molar-refractivity contribution in [2.75, 3.05) is 13.6 Å². The van der Waals surface area contributed by atoms with E-state index in [0.29, 0.717) is 0 Å². The number of hydrogen-bond donors (Lipinski definition) is 0. The number of carbonyl (C=O) groups is 1. The first-order valence-electron chi connectivity index (χ1n) is 11.2. The highest BCUT2D eigenvalue weighted by Gasteiger charge is 2.16. The SMILES string of the molecule is CC.CCC/C=C1\C=CC(C)=CN1/C(CC)=C(\C)c1ccc(F)nc1.CCN(C)C=O. The first-order chi connectivity index (χ1) is 14.9. The predicted molar refractivity (Wildman–Crippen MR) is 131 cm³/mol. The van der Waals surface area contributed by atoms with Gasteiger partial charge in [0.1, 0.15) is 0 Å². The summed E-state index contributed by atoms with van der Waals surface area (Å²) in [5, 5.41) is 0. The number of hydrogen-bond acceptors (Lipinski definition) is 3. The zero-order valence-electron chi connectivity index (χ0n) is 20.6. The van der Waals surface area contributed by atoms with Crippen molar-refractivity contribution in [3.63, 3.8) is 0 Å². The summed E-state index contributed by atoms with van der Waals surface area (Å²) in [6, 6.07) is 3.20. The Bertz CT molecular complexity index is 776. The molecule has 0 saturated heterocycles. The second-order valence-electron chi connectivity index (χ2n) is 6.97. The Labute approximate surface area is 188 Å². The Morgan fingerprint density at radius 1 is 1.19 bits per heavy atom. The minimum absolute atomic E-state index is 0.445. The van der Waals surface area contributed by atoms with Crippen LogP contribution >= 0.6 is 0 Å². The lowest BCUT2D eigenvalue weighted by Crippen LogP contribution is -2.18. The van der Waals surface area contributed by atoms with E-state index in [9.17, 15) is 9.18 Å². The number of pyridine rings is 1. The van der Waals surface area contributed by atoms with Crippen LogP contribution in [0.1, 0.15) is 73.3 Å². The van der Waals surface area contributed by atoms with Crippen molar-refractivity contribution in [3.05, 3.63) is 71.2 Å². The third-order valence-corrected chi connectivity index (χ3v) is 4.67. The zero-order chi connectivity index (χ0) is 23.8. The maximum atomic E-state index is 13.1. The van der Waals surface area contributed by atoms with Gasteiger partial charge in [-0.05, 0) is 68.5 Å². The van der Waals surface area contributed by atoms with Crippen molar-refractivity contribution >= 4 is 12.0 Å². The van der Waals surface area contributed by atoms with Gasteiger partial charge in [0.05, 0.1) is 0 Å². The van der Waals surface area contributed by atoms with Gasteiger partial charge in [-0.15, -0.1) is 0 Å². The number of aromatic nitrogens is 1. The Morgan fingerprint density at radius 3 is 2.32 bits per heavy atom. The molecular formula is C26H40FN3O. The number of nitrogens with zero attached hydrogens (tertiary/aromatic N) is 3. The predicted octanol–water partition coefficient (Wildman–Crippen LogP) is 6.94. The zero-order valence-corrected chi connectivity index (χ0v) is 20.6. The Morgan fingerprint density at radius 2 is 1.87 bits per heavy atom. The molecule has 0 aliphatic carbocycles. The molecule has 1 aliphatic rings. The number of amides is 1. The van der Waals surface area contributed by atoms with Crippen molar-refractivity contribution in [2.45, 2.75) is 67.7 Å². The van der Waals surface area contributed by atoms with E-state index in [-0.39, 0.29) is 0 Å². The van der Waals surface area contributed by atoms with Gasteiger partial charge in [-0.1, -0.05) is 46.3 Å². The molecule has 0 unspecified atom stereocenters. The normalized spacial score (nSPS) is 14.5. The lowest BCUT2D eigenvalue weighted by atomic mass is 10.0. The van der Waals surface area contributed by atoms with Gasteiger partial charge in [0.25, 0.3) is 0 Å². The summed E-state index contributed by atoms with van der Waals surface area (Å²) < 4.78 is 13.1. The Kier molecular flexibility index (Phi) is 14.7. The minimum Gasteiger partial charge on any atom is -0.349 e. The van der Waals surface area contributed by atoms with E-state index < -0.39 is 5.95 Å². The number of rotatable bonds is 7. The third kappa shape index (κ3) is 9.77. The maximum absolute atomic E-state index is 13.1. The highest BCUT2D eigenvalue weighted by atomic mass is 19.1. The van der Waals surface area contributed by atoms with Gasteiger partial charge in [0.15, 0.2) is 0 Å². The lowest BCUT2D eigenvalue weighted by Gasteiger charge is -2.29. The van der Waals surface area contributed by atoms with E-state index in [1.807, 2.05) is 20.8 Å². The standard InChI is InChI=1S/C20H25FN2.C4H9NO.C2H6/c1-5-7-8-18-11-9-15(3)14-23(18)19(6-2)16(4)17-10-12-20(21)22-13-17;1-3-5(2)4-6;1-2/h8-14H,5-7H2,1-4H3;4H,3H2,1-2H3;1-2H3/b18-8+,19-16+;;. The molecule has 4 nitrogen and oxygen atoms in total. The van der Waals surface area contributed by atoms with Crippen LogP contribution in [0.25, 0.3) is 5.57 Å². The fourth-order valence-corrected chi connectivity index (χ4v) is 2.77. The highest BCUT2D eigenvalue weighted by Crippen LogP contribution is 2.30. The second kappa shape index (κ2) is 16.1. The average molecular weight is 430 g/mol. The van der Waals surface area contributed by atoms with Gasteiger partial charge in [-0.25, -0.2) is 4.98 Å². The molecule has 0 spiro atoms. The van der Waals surface area contributed by atoms with Crippen LogP contribution in [0, 0.1) is 5.95 Å². The molecule has 1 aromatic rings. The minimum atomic E-state index is -0.445. The van der Waals surface area contributed by atoms with Crippen LogP contribution < -0.4 is 0 Å². The Hall–Kier alpha value is -2.69. The van der Waals surface area contributed by atoms with E-state index in [1.165, 1.54) is 23.0 Å². The molecule has 0 N–H and O–H groups in total. The smallest absolute Gasteiger partial charge is 0.212 e. The molecule has 2 heterocycles. The second-order valence-corrected chi connectivity index (χ2v) is 6.97. The van der Waals surface area contributed by atoms with Gasteiger partial charge in [0.2, 0.25) is 12.4 Å². The van der Waals surface area contributed by atoms with Gasteiger partial charge >= 0.3 is 0 Å². The molecule has 0 aromatic carbocycles. The van der Waals surface area contributed by atoms with Gasteiger partial charge in [-0.3, -0.25) is 4.79 Å². The number of carbonyl (C=O) groups excluding carboxylic acids is 1. The topological polar surface area (TPSA) is 36.4 Å². The molecule has 1 aromatic heterocycles. The van der Waals surface area contributed by atoms with Crippen molar-refractivity contribution in [3.8, 4) is 0 Å². The average Bonchev–Trinajstić information content (AvgIpc) is 2.80. The molecule has 172 valence electrons. The van der Waals surface area contributed by atoms with E-state index in [0.717, 1.165) is 43.4 Å². The molecule has 0 saturated carbocycles. The van der Waals surface area contributed by atoms with Crippen LogP contribution in [0.4, 0.5) is 4.39 Å². The maximum Gasteiger partial charge on any atom is 0.212 e. The van der Waals surface area contributed by atoms with Crippen LogP contribution in [-0.4, -0.2) is 34.8 Å². The molecular weight excluding hydrogens is 389 g/mol. The Balaban J connectivity index is 0.000000970. The van der Waals surface area contributed by atoms with Crippen LogP contribution in [0.5, 0.6) is 0 Å². The quantitative estimate of drug-likeness (QED) is 0.348. The molecule has 0 radical (unpaired) electrons. The molecule has 0 atom stereocenters. The first-order valence-corrected chi connectivity index (χ1v) is 11.2. The van der Waals surface area contributed by atoms with Gasteiger partial charge in [-0.2, -0.15) is 4.39 Å². The van der Waals surface area contributed by atoms with E-state index in [1.54, 1.807) is 24.2 Å². The van der Waals surface area contributed by atoms with Gasteiger partial charge in [0, 0.05) is 37.4 Å². The summed E-state index contributed by atoms with van der Waals surface area (Å²) >= 11 is 0. The van der Waals surface area contributed by atoms with Crippen LogP contribution in [0.15, 0.2) is 59.7 Å². The number of allylic oxidation sites excluding steroid dienone is 6. The third-order valence-electron chi connectivity index (χ3n) is 4.67. The van der Waals surface area contributed by atoms with Crippen LogP contribution in [0.2, 0.25) is 0 Å². The highest BCUT2D eigenvalue weighted by molar-refractivity contribution is 5.67. The summed E-state index contributed by atoms with van der Waals surface area (Å²) in [4.78, 5) is 17.3. The number of unbranched alkanes of at least 4 members (excludes halogenated alkanes) is 1. The summed E-state index contributed by atoms with van der Waals surface area (Å²) in [7, 11) is 1.74. The van der Waals surface area contributed by atoms with Crippen molar-refractivity contribution < 1.29 is 9.18 Å². The molecule has 0 bridgehead atoms. The molecule has 2 rings (SSSR count). The largest absolute Gasteiger partial charge is 0.349 e. The van der Waals surface area contributed by atoms with Crippen molar-refractivity contribution in [1.82, 2.24) is 14.8 Å². The first kappa shape index (κ1) is 28.3. The van der Waals surface area contributed by atoms with E-state index in [4.69, 9.17) is 0 Å². The van der Waals surface area contributed by atoms with Crippen LogP contribution in [0.3, 0.4) is 0 Å². The molecule has 31 heavy (non-hydrogen) atoms. The fourth-order valence-electron chi connectivity index (χ4n) is 2.77. The summed E-state index contributed by atoms with van der Waals surface area (Å²) in [5.41, 5.74) is 5.71. The van der Waals surface area contributed by atoms with Crippen LogP contribution in [-0.2, 0) is 4.79 Å². The number of halogens is 1. The fraction of sp³-hybridized carbons (Fsp3) is 0.462. The monoisotopic (exact) mass is 429 g/mol. The van der Waals surface area contributed by atoms with E-state index in [2.05, 4.69) is 62.0 Å². The molecule has 0 fully saturated rings. The van der Waals surface area contributed by atoms with Crippen molar-refractivity contribution in [1.29, 1.82) is 0 Å². The summed E-state index contributed by atoms with van der Waals surface area (Å²) in [6.07, 6.45) is 14.2. The van der Waals surface area contributed by atoms with Crippen molar-refractivity contribution in [2.24, 2.45) is 0 Å². The summed E-state index contributed by atoms with van der Waals surface area (Å²) in [6.45, 7) is 15.2. The lowest BCUT2D eigenvalue weighted by molar-refractivity contribution is -0.116. The van der Waals surface area contributed by atoms with Gasteiger partial charge < -0.3 is 9.80 Å².